The number of rotatable bonds is 7. The Bertz CT molecular complexity index is 1540. The first-order chi connectivity index (χ1) is 20.8. The summed E-state index contributed by atoms with van der Waals surface area (Å²) in [4.78, 5) is 38.2. The number of nitrogens with one attached hydrogen (secondary N) is 1. The largest absolute Gasteiger partial charge is 0.541 e. The highest BCUT2D eigenvalue weighted by Gasteiger charge is 2.80. The van der Waals surface area contributed by atoms with Gasteiger partial charge in [0, 0.05) is 19.4 Å². The van der Waals surface area contributed by atoms with Crippen LogP contribution in [0.1, 0.15) is 84.8 Å². The van der Waals surface area contributed by atoms with Gasteiger partial charge in [-0.3, -0.25) is 4.79 Å². The van der Waals surface area contributed by atoms with E-state index in [2.05, 4.69) is 45.2 Å². The molecule has 1 aromatic carbocycles. The van der Waals surface area contributed by atoms with Crippen molar-refractivity contribution in [2.75, 3.05) is 0 Å². The number of carbonyl (C=O) groups is 3. The minimum Gasteiger partial charge on any atom is -0.541 e. The van der Waals surface area contributed by atoms with Gasteiger partial charge in [0.15, 0.2) is 18.0 Å². The maximum atomic E-state index is 13.4. The highest BCUT2D eigenvalue weighted by atomic mass is 28.4. The maximum Gasteiger partial charge on any atom is 0.338 e. The molecule has 244 valence electrons. The molecule has 6 aliphatic rings. The van der Waals surface area contributed by atoms with Crippen molar-refractivity contribution < 1.29 is 42.9 Å². The van der Waals surface area contributed by atoms with E-state index in [-0.39, 0.29) is 22.8 Å². The fourth-order valence-electron chi connectivity index (χ4n) is 8.83. The first-order valence-electron chi connectivity index (χ1n) is 16.2. The lowest BCUT2D eigenvalue weighted by molar-refractivity contribution is -0.161. The monoisotopic (exact) mass is 639 g/mol. The molecule has 2 N–H and O–H groups in total. The third kappa shape index (κ3) is 4.22. The highest BCUT2D eigenvalue weighted by molar-refractivity contribution is 6.74. The zero-order valence-corrected chi connectivity index (χ0v) is 28.5. The standard InChI is InChI=1S/C34H45NO9Si/c1-18(35-24(36)15-22-29(38)43-31(5,6)42-22)28(37)40-21-11-14-34(39)23-12-13-32(23)16-19-9-10-20(44-45(7,8)30(2,3)4)26-25(19)33(34,17-32)27(21)41-26/h9-11,18,22-23,27,39H,12-17H2,1-8H3,(H,35,36)/t18-,22-,23+,27-,32?,33-,34+/m0/s1. The van der Waals surface area contributed by atoms with E-state index in [9.17, 15) is 19.5 Å². The average molecular weight is 640 g/mol. The zero-order chi connectivity index (χ0) is 32.5. The second-order valence-electron chi connectivity index (χ2n) is 16.1. The van der Waals surface area contributed by atoms with Crippen LogP contribution in [0.3, 0.4) is 0 Å². The molecule has 1 aromatic rings. The minimum absolute atomic E-state index is 0.000631. The summed E-state index contributed by atoms with van der Waals surface area (Å²) in [6.07, 6.45) is 3.82. The number of aliphatic hydroxyl groups is 1. The lowest BCUT2D eigenvalue weighted by Gasteiger charge is -2.50. The molecule has 10 nitrogen and oxygen atoms in total. The van der Waals surface area contributed by atoms with Gasteiger partial charge in [-0.2, -0.15) is 0 Å². The van der Waals surface area contributed by atoms with E-state index < -0.39 is 61.2 Å². The highest BCUT2D eigenvalue weighted by Crippen LogP contribution is 2.78. The van der Waals surface area contributed by atoms with E-state index in [4.69, 9.17) is 23.4 Å². The molecule has 2 spiro atoms. The SMILES string of the molecule is C[C@H](NC(=O)C[C@@H]1OC(C)(C)OC1=O)C(=O)OC1=CC[C@@]2(O)[C@@H]3CCC34Cc3ccc(O[Si](C)(C)C(C)(C)C)c5c3[C@@]2(C4)[C@H]1O5. The Kier molecular flexibility index (Phi) is 6.39. The van der Waals surface area contributed by atoms with Crippen molar-refractivity contribution in [2.45, 2.75) is 133 Å². The lowest BCUT2D eigenvalue weighted by Crippen LogP contribution is -2.60. The Hall–Kier alpha value is -2.89. The molecule has 0 aromatic heterocycles. The van der Waals surface area contributed by atoms with E-state index in [0.717, 1.165) is 31.2 Å². The van der Waals surface area contributed by atoms with Crippen molar-refractivity contribution in [1.29, 1.82) is 0 Å². The van der Waals surface area contributed by atoms with Gasteiger partial charge in [0.1, 0.15) is 17.6 Å². The van der Waals surface area contributed by atoms with Crippen LogP contribution in [0, 0.1) is 11.3 Å². The summed E-state index contributed by atoms with van der Waals surface area (Å²) in [6, 6.07) is 3.18. The summed E-state index contributed by atoms with van der Waals surface area (Å²) in [6.45, 7) is 15.7. The van der Waals surface area contributed by atoms with Gasteiger partial charge in [-0.15, -0.1) is 0 Å². The number of esters is 2. The molecule has 1 saturated heterocycles. The molecule has 2 aliphatic heterocycles. The van der Waals surface area contributed by atoms with Crippen molar-refractivity contribution in [3.8, 4) is 11.5 Å². The van der Waals surface area contributed by atoms with Crippen LogP contribution < -0.4 is 14.5 Å². The number of hydrogen-bond donors (Lipinski definition) is 2. The van der Waals surface area contributed by atoms with Crippen molar-refractivity contribution in [1.82, 2.24) is 5.32 Å². The van der Waals surface area contributed by atoms with E-state index in [1.807, 2.05) is 6.07 Å². The summed E-state index contributed by atoms with van der Waals surface area (Å²) < 4.78 is 30.3. The van der Waals surface area contributed by atoms with Crippen LogP contribution in [0.4, 0.5) is 0 Å². The fraction of sp³-hybridized carbons (Fsp3) is 0.676. The molecule has 3 fully saturated rings. The third-order valence-electron chi connectivity index (χ3n) is 11.9. The second-order valence-corrected chi connectivity index (χ2v) is 20.9. The van der Waals surface area contributed by atoms with Crippen LogP contribution in [-0.4, -0.2) is 60.9 Å². The quantitative estimate of drug-likeness (QED) is 0.326. The first kappa shape index (κ1) is 30.7. The predicted octanol–water partition coefficient (Wildman–Crippen LogP) is 4.56. The molecule has 1 amide bonds. The number of carbonyl (C=O) groups excluding carboxylic acids is 3. The van der Waals surface area contributed by atoms with Crippen LogP contribution in [0.15, 0.2) is 24.0 Å². The van der Waals surface area contributed by atoms with Gasteiger partial charge in [0.25, 0.3) is 8.32 Å². The van der Waals surface area contributed by atoms with Crippen LogP contribution in [0.5, 0.6) is 11.5 Å². The van der Waals surface area contributed by atoms with Crippen LogP contribution in [0.2, 0.25) is 18.1 Å². The normalized spacial score (nSPS) is 35.6. The smallest absolute Gasteiger partial charge is 0.338 e. The van der Waals surface area contributed by atoms with Gasteiger partial charge in [-0.25, -0.2) is 9.59 Å². The van der Waals surface area contributed by atoms with E-state index in [1.54, 1.807) is 19.9 Å². The number of cyclic esters (lactones) is 1. The average Bonchev–Trinajstić information content (AvgIpc) is 3.44. The molecular weight excluding hydrogens is 594 g/mol. The van der Waals surface area contributed by atoms with Crippen molar-refractivity contribution >= 4 is 26.2 Å². The molecule has 4 aliphatic carbocycles. The first-order valence-corrected chi connectivity index (χ1v) is 19.1. The maximum absolute atomic E-state index is 13.4. The van der Waals surface area contributed by atoms with E-state index in [1.165, 1.54) is 12.5 Å². The molecule has 7 rings (SSSR count). The fourth-order valence-corrected chi connectivity index (χ4v) is 9.85. The molecule has 2 heterocycles. The molecule has 2 saturated carbocycles. The lowest BCUT2D eigenvalue weighted by atomic mass is 9.56. The van der Waals surface area contributed by atoms with Crippen molar-refractivity contribution in [3.63, 3.8) is 0 Å². The number of benzene rings is 1. The molecule has 11 heteroatoms. The van der Waals surface area contributed by atoms with Crippen LogP contribution >= 0.6 is 0 Å². The number of ether oxygens (including phenoxy) is 4. The number of hydrogen-bond acceptors (Lipinski definition) is 9. The number of amides is 1. The van der Waals surface area contributed by atoms with Gasteiger partial charge < -0.3 is 33.8 Å². The zero-order valence-electron chi connectivity index (χ0n) is 27.5. The predicted molar refractivity (Wildman–Crippen MR) is 165 cm³/mol. The Morgan fingerprint density at radius 3 is 2.58 bits per heavy atom. The molecule has 45 heavy (non-hydrogen) atoms. The van der Waals surface area contributed by atoms with Gasteiger partial charge in [0.05, 0.1) is 17.4 Å². The van der Waals surface area contributed by atoms with Crippen molar-refractivity contribution in [2.24, 2.45) is 11.3 Å². The molecule has 1 unspecified atom stereocenters. The minimum atomic E-state index is -2.23. The Balaban J connectivity index is 1.16. The third-order valence-corrected chi connectivity index (χ3v) is 16.3. The summed E-state index contributed by atoms with van der Waals surface area (Å²) in [7, 11) is -2.23. The van der Waals surface area contributed by atoms with E-state index in [0.29, 0.717) is 23.7 Å². The summed E-state index contributed by atoms with van der Waals surface area (Å²) in [5.41, 5.74) is 0.417. The van der Waals surface area contributed by atoms with Gasteiger partial charge in [-0.05, 0) is 86.2 Å². The Labute approximate surface area is 265 Å². The van der Waals surface area contributed by atoms with Gasteiger partial charge in [-0.1, -0.05) is 26.8 Å². The molecule has 7 atom stereocenters. The van der Waals surface area contributed by atoms with E-state index >= 15 is 0 Å². The number of fused-ring (bicyclic) bond motifs is 1. The Morgan fingerprint density at radius 1 is 1.22 bits per heavy atom. The molecule has 2 bridgehead atoms. The van der Waals surface area contributed by atoms with Crippen LogP contribution in [-0.2, 0) is 40.4 Å². The van der Waals surface area contributed by atoms with Gasteiger partial charge >= 0.3 is 11.9 Å². The summed E-state index contributed by atoms with van der Waals surface area (Å²) in [5, 5.41) is 15.2. The Morgan fingerprint density at radius 2 is 1.96 bits per heavy atom. The second kappa shape index (κ2) is 9.35. The summed E-state index contributed by atoms with van der Waals surface area (Å²) >= 11 is 0. The molecular formula is C34H45NO9Si. The summed E-state index contributed by atoms with van der Waals surface area (Å²) in [5.74, 6) is -1.07. The van der Waals surface area contributed by atoms with Crippen LogP contribution in [0.25, 0.3) is 0 Å². The van der Waals surface area contributed by atoms with Crippen molar-refractivity contribution in [3.05, 3.63) is 35.1 Å². The molecule has 0 radical (unpaired) electrons. The van der Waals surface area contributed by atoms with Gasteiger partial charge in [0.2, 0.25) is 11.7 Å². The topological polar surface area (TPSA) is 130 Å².